The van der Waals surface area contributed by atoms with Crippen molar-refractivity contribution in [3.8, 4) is 0 Å². The summed E-state index contributed by atoms with van der Waals surface area (Å²) in [6.45, 7) is 11.6. The standard InChI is InChI=1S/C33H52F2O9S/c1-19-12-14-31(5)23(16-19)17-27(43-21(3)36)30-25-10-9-24(32(25,6)28(18-26(30)31)44-22(4)37)20(2)8-11-29(38)42-15-7-13-33(34,35)45(39,40)41/h19-20,23-28,30H,7-18H2,1-6H3,(H,39,40,41). The second-order valence-corrected chi connectivity index (χ2v) is 16.6. The summed E-state index contributed by atoms with van der Waals surface area (Å²) >= 11 is 0. The predicted octanol–water partition coefficient (Wildman–Crippen LogP) is 6.58. The van der Waals surface area contributed by atoms with Gasteiger partial charge in [0.1, 0.15) is 12.2 Å². The number of ether oxygens (including phenoxy) is 3. The molecule has 45 heavy (non-hydrogen) atoms. The van der Waals surface area contributed by atoms with Crippen molar-refractivity contribution in [3.05, 3.63) is 0 Å². The maximum Gasteiger partial charge on any atom is 0.370 e. The molecule has 0 amide bonds. The van der Waals surface area contributed by atoms with Crippen LogP contribution >= 0.6 is 0 Å². The van der Waals surface area contributed by atoms with E-state index in [1.54, 1.807) is 0 Å². The molecule has 0 aliphatic heterocycles. The van der Waals surface area contributed by atoms with Crippen LogP contribution < -0.4 is 0 Å². The van der Waals surface area contributed by atoms with Crippen LogP contribution in [0, 0.1) is 52.3 Å². The maximum absolute atomic E-state index is 13.4. The third-order valence-corrected chi connectivity index (χ3v) is 13.4. The predicted molar refractivity (Wildman–Crippen MR) is 161 cm³/mol. The first kappa shape index (κ1) is 36.0. The fourth-order valence-electron chi connectivity index (χ4n) is 10.2. The van der Waals surface area contributed by atoms with E-state index < -0.39 is 34.2 Å². The van der Waals surface area contributed by atoms with Crippen LogP contribution in [0.25, 0.3) is 0 Å². The molecule has 4 saturated carbocycles. The van der Waals surface area contributed by atoms with Crippen LogP contribution in [0.3, 0.4) is 0 Å². The van der Waals surface area contributed by atoms with E-state index in [0.717, 1.165) is 44.9 Å². The summed E-state index contributed by atoms with van der Waals surface area (Å²) < 4.78 is 74.4. The molecule has 0 saturated heterocycles. The number of rotatable bonds is 11. The quantitative estimate of drug-likeness (QED) is 0.113. The smallest absolute Gasteiger partial charge is 0.370 e. The van der Waals surface area contributed by atoms with Crippen LogP contribution in [0.1, 0.15) is 112 Å². The minimum absolute atomic E-state index is 0.0562. The molecule has 0 aromatic heterocycles. The van der Waals surface area contributed by atoms with Crippen molar-refractivity contribution in [2.75, 3.05) is 6.61 Å². The van der Waals surface area contributed by atoms with Gasteiger partial charge in [0.15, 0.2) is 0 Å². The van der Waals surface area contributed by atoms with Gasteiger partial charge in [-0.2, -0.15) is 17.2 Å². The van der Waals surface area contributed by atoms with Gasteiger partial charge >= 0.3 is 33.3 Å². The van der Waals surface area contributed by atoms with Crippen LogP contribution in [0.5, 0.6) is 0 Å². The van der Waals surface area contributed by atoms with Gasteiger partial charge in [0.2, 0.25) is 0 Å². The highest BCUT2D eigenvalue weighted by Crippen LogP contribution is 2.69. The van der Waals surface area contributed by atoms with Crippen molar-refractivity contribution in [1.82, 2.24) is 0 Å². The van der Waals surface area contributed by atoms with Gasteiger partial charge in [0.05, 0.1) is 6.61 Å². The number of carbonyl (C=O) groups is 3. The number of hydrogen-bond acceptors (Lipinski definition) is 8. The lowest BCUT2D eigenvalue weighted by Gasteiger charge is -2.64. The van der Waals surface area contributed by atoms with Crippen molar-refractivity contribution >= 4 is 28.0 Å². The molecular formula is C33H52F2O9S. The van der Waals surface area contributed by atoms with Crippen LogP contribution in [0.4, 0.5) is 8.78 Å². The molecular weight excluding hydrogens is 610 g/mol. The Balaban J connectivity index is 1.49. The molecule has 0 radical (unpaired) electrons. The number of fused-ring (bicyclic) bond motifs is 5. The van der Waals surface area contributed by atoms with E-state index in [0.29, 0.717) is 18.3 Å². The Morgan fingerprint density at radius 3 is 2.29 bits per heavy atom. The molecule has 11 unspecified atom stereocenters. The molecule has 11 atom stereocenters. The molecule has 4 aliphatic carbocycles. The van der Waals surface area contributed by atoms with E-state index in [9.17, 15) is 31.6 Å². The van der Waals surface area contributed by atoms with Crippen LogP contribution in [0.15, 0.2) is 0 Å². The summed E-state index contributed by atoms with van der Waals surface area (Å²) in [5.41, 5.74) is -0.312. The van der Waals surface area contributed by atoms with Crippen LogP contribution in [0.2, 0.25) is 0 Å². The summed E-state index contributed by atoms with van der Waals surface area (Å²) in [7, 11) is -5.52. The fourth-order valence-corrected chi connectivity index (χ4v) is 10.6. The lowest BCUT2D eigenvalue weighted by Crippen LogP contribution is -2.63. The fraction of sp³-hybridized carbons (Fsp3) is 0.909. The van der Waals surface area contributed by atoms with E-state index in [-0.39, 0.29) is 77.6 Å². The lowest BCUT2D eigenvalue weighted by molar-refractivity contribution is -0.221. The van der Waals surface area contributed by atoms with E-state index >= 15 is 0 Å². The second-order valence-electron chi connectivity index (χ2n) is 15.1. The monoisotopic (exact) mass is 662 g/mol. The molecule has 4 rings (SSSR count). The highest BCUT2D eigenvalue weighted by Gasteiger charge is 2.67. The van der Waals surface area contributed by atoms with Crippen molar-refractivity contribution in [2.24, 2.45) is 52.3 Å². The number of halogens is 2. The molecule has 9 nitrogen and oxygen atoms in total. The Bertz CT molecular complexity index is 1220. The van der Waals surface area contributed by atoms with Gasteiger partial charge in [0.25, 0.3) is 0 Å². The van der Waals surface area contributed by atoms with Crippen LogP contribution in [-0.2, 0) is 38.7 Å². The highest BCUT2D eigenvalue weighted by atomic mass is 32.2. The maximum atomic E-state index is 13.4. The van der Waals surface area contributed by atoms with Gasteiger partial charge < -0.3 is 14.2 Å². The zero-order chi connectivity index (χ0) is 33.5. The van der Waals surface area contributed by atoms with Crippen molar-refractivity contribution in [2.45, 2.75) is 130 Å². The van der Waals surface area contributed by atoms with Gasteiger partial charge in [-0.15, -0.1) is 0 Å². The molecule has 12 heteroatoms. The van der Waals surface area contributed by atoms with Crippen molar-refractivity contribution in [3.63, 3.8) is 0 Å². The summed E-state index contributed by atoms with van der Waals surface area (Å²) in [4.78, 5) is 37.4. The number of esters is 3. The zero-order valence-electron chi connectivity index (χ0n) is 27.6. The Morgan fingerprint density at radius 2 is 1.67 bits per heavy atom. The van der Waals surface area contributed by atoms with Crippen LogP contribution in [-0.4, -0.2) is 54.9 Å². The second kappa shape index (κ2) is 13.4. The highest BCUT2D eigenvalue weighted by molar-refractivity contribution is 7.86. The topological polar surface area (TPSA) is 133 Å². The van der Waals surface area contributed by atoms with Gasteiger partial charge in [-0.3, -0.25) is 18.9 Å². The minimum atomic E-state index is -5.52. The Kier molecular flexibility index (Phi) is 10.7. The average molecular weight is 663 g/mol. The van der Waals surface area contributed by atoms with Gasteiger partial charge in [-0.05, 0) is 92.3 Å². The largest absolute Gasteiger partial charge is 0.466 e. The Labute approximate surface area is 266 Å². The molecule has 0 heterocycles. The molecule has 0 aromatic rings. The number of carbonyl (C=O) groups excluding carboxylic acids is 3. The molecule has 0 aromatic carbocycles. The van der Waals surface area contributed by atoms with Gasteiger partial charge in [-0.1, -0.05) is 34.1 Å². The van der Waals surface area contributed by atoms with Gasteiger partial charge in [0, 0.05) is 38.0 Å². The minimum Gasteiger partial charge on any atom is -0.466 e. The third kappa shape index (κ3) is 7.21. The molecule has 1 N–H and O–H groups in total. The number of alkyl halides is 2. The van der Waals surface area contributed by atoms with Crippen molar-refractivity contribution < 1.29 is 50.3 Å². The van der Waals surface area contributed by atoms with Gasteiger partial charge in [-0.25, -0.2) is 0 Å². The first-order chi connectivity index (χ1) is 20.8. The zero-order valence-corrected chi connectivity index (χ0v) is 28.4. The van der Waals surface area contributed by atoms with E-state index in [4.69, 9.17) is 18.8 Å². The molecule has 0 bridgehead atoms. The Hall–Kier alpha value is -1.82. The van der Waals surface area contributed by atoms with E-state index in [1.165, 1.54) is 13.8 Å². The Morgan fingerprint density at radius 1 is 1.00 bits per heavy atom. The third-order valence-electron chi connectivity index (χ3n) is 12.4. The average Bonchev–Trinajstić information content (AvgIpc) is 3.28. The first-order valence-electron chi connectivity index (χ1n) is 16.7. The van der Waals surface area contributed by atoms with E-state index in [2.05, 4.69) is 27.7 Å². The molecule has 4 fully saturated rings. The summed E-state index contributed by atoms with van der Waals surface area (Å²) in [5.74, 6) is 0.688. The molecule has 4 aliphatic rings. The molecule has 0 spiro atoms. The lowest BCUT2D eigenvalue weighted by atomic mass is 9.42. The van der Waals surface area contributed by atoms with E-state index in [1.807, 2.05) is 0 Å². The molecule has 258 valence electrons. The number of hydrogen-bond donors (Lipinski definition) is 1. The summed E-state index contributed by atoms with van der Waals surface area (Å²) in [6.07, 6.45) is 5.24. The van der Waals surface area contributed by atoms with Crippen molar-refractivity contribution in [1.29, 1.82) is 0 Å². The normalized spacial score (nSPS) is 38.7. The first-order valence-corrected chi connectivity index (χ1v) is 18.1. The SMILES string of the molecule is CC(=O)OC1CC2CC(C)CCC2(C)C2CC(OC(C)=O)C3(C)C(C(C)CCC(=O)OCCCC(F)(F)S(=O)(=O)O)CCC3C12. The summed E-state index contributed by atoms with van der Waals surface area (Å²) in [6, 6.07) is 0. The summed E-state index contributed by atoms with van der Waals surface area (Å²) in [5, 5.41) is -4.29.